The number of rotatable bonds is 4. The van der Waals surface area contributed by atoms with Gasteiger partial charge in [-0.05, 0) is 30.2 Å². The smallest absolute Gasteiger partial charge is 0.274 e. The molecule has 1 atom stereocenters. The Morgan fingerprint density at radius 3 is 3.04 bits per heavy atom. The first-order valence-electron chi connectivity index (χ1n) is 7.61. The zero-order valence-electron chi connectivity index (χ0n) is 12.6. The van der Waals surface area contributed by atoms with Gasteiger partial charge in [-0.25, -0.2) is 4.98 Å². The minimum atomic E-state index is -0.0904. The molecule has 120 valence electrons. The number of amides is 2. The Morgan fingerprint density at radius 1 is 1.39 bits per heavy atom. The lowest BCUT2D eigenvalue weighted by atomic mass is 9.97. The zero-order chi connectivity index (χ0) is 16.1. The van der Waals surface area contributed by atoms with Crippen LogP contribution in [0.4, 0.5) is 0 Å². The normalized spacial score (nSPS) is 17.7. The molecule has 0 radical (unpaired) electrons. The molecule has 0 unspecified atom stereocenters. The molecule has 1 N–H and O–H groups in total. The van der Waals surface area contributed by atoms with Crippen molar-refractivity contribution < 1.29 is 9.59 Å². The summed E-state index contributed by atoms with van der Waals surface area (Å²) in [5.74, 6) is 0.137. The second-order valence-corrected chi connectivity index (χ2v) is 6.49. The van der Waals surface area contributed by atoms with Gasteiger partial charge in [0, 0.05) is 32.0 Å². The van der Waals surface area contributed by atoms with E-state index < -0.39 is 0 Å². The van der Waals surface area contributed by atoms with Gasteiger partial charge in [0.05, 0.1) is 11.1 Å². The highest BCUT2D eigenvalue weighted by Crippen LogP contribution is 2.18. The Labute approximate surface area is 138 Å². The topological polar surface area (TPSA) is 75.2 Å². The summed E-state index contributed by atoms with van der Waals surface area (Å²) in [6.07, 6.45) is 6.51. The van der Waals surface area contributed by atoms with Crippen LogP contribution in [-0.2, 0) is 0 Å². The van der Waals surface area contributed by atoms with Gasteiger partial charge in [-0.3, -0.25) is 14.6 Å². The molecule has 1 aliphatic rings. The predicted molar refractivity (Wildman–Crippen MR) is 87.3 cm³/mol. The Kier molecular flexibility index (Phi) is 4.97. The maximum atomic E-state index is 12.4. The van der Waals surface area contributed by atoms with E-state index in [9.17, 15) is 9.59 Å². The van der Waals surface area contributed by atoms with E-state index in [4.69, 9.17) is 0 Å². The third-order valence-corrected chi connectivity index (χ3v) is 4.75. The quantitative estimate of drug-likeness (QED) is 0.928. The molecule has 3 heterocycles. The van der Waals surface area contributed by atoms with Gasteiger partial charge < -0.3 is 10.2 Å². The third-order valence-electron chi connectivity index (χ3n) is 3.88. The highest BCUT2D eigenvalue weighted by atomic mass is 32.1. The minimum Gasteiger partial charge on any atom is -0.351 e. The van der Waals surface area contributed by atoms with Gasteiger partial charge in [-0.1, -0.05) is 6.07 Å². The van der Waals surface area contributed by atoms with Gasteiger partial charge in [-0.2, -0.15) is 0 Å². The lowest BCUT2D eigenvalue weighted by molar-refractivity contribution is 0.0664. The largest absolute Gasteiger partial charge is 0.351 e. The fourth-order valence-electron chi connectivity index (χ4n) is 2.72. The highest BCUT2D eigenvalue weighted by Gasteiger charge is 2.25. The summed E-state index contributed by atoms with van der Waals surface area (Å²) in [5.41, 5.74) is 0.371. The van der Waals surface area contributed by atoms with E-state index in [0.717, 1.165) is 19.4 Å². The SMILES string of the molecule is O=C(NC[C@@H]1CCCN(C(=O)c2cnccn2)C1)c1cccs1. The molecule has 1 aliphatic heterocycles. The molecule has 6 nitrogen and oxygen atoms in total. The number of aromatic nitrogens is 2. The van der Waals surface area contributed by atoms with Gasteiger partial charge in [0.15, 0.2) is 0 Å². The monoisotopic (exact) mass is 330 g/mol. The lowest BCUT2D eigenvalue weighted by Crippen LogP contribution is -2.43. The summed E-state index contributed by atoms with van der Waals surface area (Å²) in [6, 6.07) is 3.67. The van der Waals surface area contributed by atoms with E-state index >= 15 is 0 Å². The fourth-order valence-corrected chi connectivity index (χ4v) is 3.36. The summed E-state index contributed by atoms with van der Waals surface area (Å²) in [5, 5.41) is 4.85. The first-order chi connectivity index (χ1) is 11.2. The Morgan fingerprint density at radius 2 is 2.30 bits per heavy atom. The average molecular weight is 330 g/mol. The molecular weight excluding hydrogens is 312 g/mol. The number of nitrogens with zero attached hydrogens (tertiary/aromatic N) is 3. The minimum absolute atomic E-state index is 0.0441. The van der Waals surface area contributed by atoms with Crippen molar-refractivity contribution in [2.75, 3.05) is 19.6 Å². The van der Waals surface area contributed by atoms with E-state index in [1.807, 2.05) is 17.5 Å². The fraction of sp³-hybridized carbons (Fsp3) is 0.375. The Balaban J connectivity index is 1.54. The van der Waals surface area contributed by atoms with E-state index in [0.29, 0.717) is 23.7 Å². The van der Waals surface area contributed by atoms with Crippen LogP contribution < -0.4 is 5.32 Å². The summed E-state index contributed by atoms with van der Waals surface area (Å²) in [4.78, 5) is 34.9. The van der Waals surface area contributed by atoms with Gasteiger partial charge in [0.25, 0.3) is 11.8 Å². The van der Waals surface area contributed by atoms with Crippen molar-refractivity contribution in [2.45, 2.75) is 12.8 Å². The first-order valence-corrected chi connectivity index (χ1v) is 8.49. The number of nitrogens with one attached hydrogen (secondary N) is 1. The van der Waals surface area contributed by atoms with Crippen molar-refractivity contribution in [3.05, 3.63) is 46.7 Å². The number of thiophene rings is 1. The van der Waals surface area contributed by atoms with Crippen molar-refractivity contribution >= 4 is 23.2 Å². The van der Waals surface area contributed by atoms with Crippen molar-refractivity contribution in [3.8, 4) is 0 Å². The summed E-state index contributed by atoms with van der Waals surface area (Å²) >= 11 is 1.43. The molecule has 2 aromatic rings. The second-order valence-electron chi connectivity index (χ2n) is 5.54. The number of hydrogen-bond acceptors (Lipinski definition) is 5. The average Bonchev–Trinajstić information content (AvgIpc) is 3.15. The van der Waals surface area contributed by atoms with E-state index in [-0.39, 0.29) is 17.7 Å². The Bertz CT molecular complexity index is 660. The van der Waals surface area contributed by atoms with E-state index in [1.165, 1.54) is 23.7 Å². The summed E-state index contributed by atoms with van der Waals surface area (Å²) in [7, 11) is 0. The standard InChI is InChI=1S/C16H18N4O2S/c21-15(14-4-2-8-23-14)19-9-12-3-1-7-20(11-12)16(22)13-10-17-5-6-18-13/h2,4-6,8,10,12H,1,3,7,9,11H2,(H,19,21)/t12-/m0/s1. The van der Waals surface area contributed by atoms with Crippen molar-refractivity contribution in [2.24, 2.45) is 5.92 Å². The van der Waals surface area contributed by atoms with Crippen LogP contribution in [0.3, 0.4) is 0 Å². The molecule has 0 bridgehead atoms. The zero-order valence-corrected chi connectivity index (χ0v) is 13.5. The van der Waals surface area contributed by atoms with Gasteiger partial charge >= 0.3 is 0 Å². The van der Waals surface area contributed by atoms with Crippen molar-refractivity contribution in [3.63, 3.8) is 0 Å². The van der Waals surface area contributed by atoms with Crippen LogP contribution >= 0.6 is 11.3 Å². The number of piperidine rings is 1. The maximum absolute atomic E-state index is 12.4. The first kappa shape index (κ1) is 15.6. The molecule has 0 spiro atoms. The molecule has 1 fully saturated rings. The van der Waals surface area contributed by atoms with Gasteiger partial charge in [0.2, 0.25) is 0 Å². The van der Waals surface area contributed by atoms with E-state index in [1.54, 1.807) is 11.1 Å². The van der Waals surface area contributed by atoms with Crippen LogP contribution in [0.5, 0.6) is 0 Å². The van der Waals surface area contributed by atoms with Gasteiger partial charge in [-0.15, -0.1) is 11.3 Å². The van der Waals surface area contributed by atoms with E-state index in [2.05, 4.69) is 15.3 Å². The molecule has 2 aromatic heterocycles. The molecule has 1 saturated heterocycles. The van der Waals surface area contributed by atoms with Crippen LogP contribution in [0.1, 0.15) is 33.0 Å². The number of likely N-dealkylation sites (tertiary alicyclic amines) is 1. The third kappa shape index (κ3) is 3.92. The Hall–Kier alpha value is -2.28. The molecule has 2 amide bonds. The second kappa shape index (κ2) is 7.32. The molecule has 7 heteroatoms. The summed E-state index contributed by atoms with van der Waals surface area (Å²) in [6.45, 7) is 1.95. The van der Waals surface area contributed by atoms with Crippen LogP contribution in [0.15, 0.2) is 36.1 Å². The van der Waals surface area contributed by atoms with Crippen molar-refractivity contribution in [1.29, 1.82) is 0 Å². The summed E-state index contributed by atoms with van der Waals surface area (Å²) < 4.78 is 0. The number of carbonyl (C=O) groups is 2. The molecule has 0 aliphatic carbocycles. The number of carbonyl (C=O) groups excluding carboxylic acids is 2. The molecular formula is C16H18N4O2S. The van der Waals surface area contributed by atoms with Crippen molar-refractivity contribution in [1.82, 2.24) is 20.2 Å². The highest BCUT2D eigenvalue weighted by molar-refractivity contribution is 7.12. The predicted octanol–water partition coefficient (Wildman–Crippen LogP) is 1.82. The number of hydrogen-bond donors (Lipinski definition) is 1. The van der Waals surface area contributed by atoms with Crippen LogP contribution in [0.2, 0.25) is 0 Å². The molecule has 0 saturated carbocycles. The van der Waals surface area contributed by atoms with Crippen LogP contribution in [0, 0.1) is 5.92 Å². The maximum Gasteiger partial charge on any atom is 0.274 e. The molecule has 3 rings (SSSR count). The molecule has 23 heavy (non-hydrogen) atoms. The van der Waals surface area contributed by atoms with Crippen LogP contribution in [0.25, 0.3) is 0 Å². The van der Waals surface area contributed by atoms with Gasteiger partial charge in [0.1, 0.15) is 5.69 Å². The van der Waals surface area contributed by atoms with Crippen LogP contribution in [-0.4, -0.2) is 46.3 Å². The lowest BCUT2D eigenvalue weighted by Gasteiger charge is -2.32. The molecule has 0 aromatic carbocycles.